The molecule has 5 heteroatoms. The van der Waals surface area contributed by atoms with E-state index in [-0.39, 0.29) is 0 Å². The molecule has 1 heterocycles. The Morgan fingerprint density at radius 3 is 2.56 bits per heavy atom. The predicted molar refractivity (Wildman–Crippen MR) is 70.3 cm³/mol. The Bertz CT molecular complexity index is 357. The number of nitrogens with two attached hydrogens (primary N) is 1. The second kappa shape index (κ2) is 4.59. The molecule has 0 aliphatic heterocycles. The summed E-state index contributed by atoms with van der Waals surface area (Å²) in [6.45, 7) is 2.08. The summed E-state index contributed by atoms with van der Waals surface area (Å²) in [5.41, 5.74) is 7.24. The highest BCUT2D eigenvalue weighted by Crippen LogP contribution is 2.48. The van der Waals surface area contributed by atoms with Crippen molar-refractivity contribution >= 4 is 22.4 Å². The van der Waals surface area contributed by atoms with Gasteiger partial charge in [-0.3, -0.25) is 0 Å². The van der Waals surface area contributed by atoms with Crippen molar-refractivity contribution in [2.75, 3.05) is 44.9 Å². The molecule has 0 amide bonds. The van der Waals surface area contributed by atoms with Crippen LogP contribution >= 0.6 is 11.5 Å². The lowest BCUT2D eigenvalue weighted by atomic mass is 10.2. The number of rotatable bonds is 5. The molecule has 1 aliphatic carbocycles. The number of nitrogen functional groups attached to an aromatic ring is 1. The molecule has 0 radical (unpaired) electrons. The Hall–Kier alpha value is -0.810. The maximum Gasteiger partial charge on any atom is 0.142 e. The highest BCUT2D eigenvalue weighted by atomic mass is 32.1. The van der Waals surface area contributed by atoms with E-state index in [0.29, 0.717) is 5.92 Å². The fourth-order valence-electron chi connectivity index (χ4n) is 1.78. The third-order valence-electron chi connectivity index (χ3n) is 2.95. The van der Waals surface area contributed by atoms with Crippen molar-refractivity contribution in [2.24, 2.45) is 0 Å². The van der Waals surface area contributed by atoms with Crippen LogP contribution in [-0.4, -0.2) is 43.5 Å². The Morgan fingerprint density at radius 2 is 2.00 bits per heavy atom. The van der Waals surface area contributed by atoms with Crippen molar-refractivity contribution < 1.29 is 0 Å². The normalized spacial score (nSPS) is 15.8. The Morgan fingerprint density at radius 1 is 1.31 bits per heavy atom. The van der Waals surface area contributed by atoms with Gasteiger partial charge in [0.25, 0.3) is 0 Å². The van der Waals surface area contributed by atoms with E-state index >= 15 is 0 Å². The molecule has 2 rings (SSSR count). The zero-order chi connectivity index (χ0) is 11.7. The number of hydrogen-bond donors (Lipinski definition) is 1. The molecule has 1 aliphatic rings. The van der Waals surface area contributed by atoms with Crippen molar-refractivity contribution in [3.63, 3.8) is 0 Å². The largest absolute Gasteiger partial charge is 0.383 e. The van der Waals surface area contributed by atoms with Gasteiger partial charge >= 0.3 is 0 Å². The maximum atomic E-state index is 5.94. The minimum Gasteiger partial charge on any atom is -0.383 e. The molecule has 1 fully saturated rings. The van der Waals surface area contributed by atoms with Gasteiger partial charge in [0.05, 0.1) is 0 Å². The molecular weight excluding hydrogens is 220 g/mol. The fraction of sp³-hybridized carbons (Fsp3) is 0.727. The van der Waals surface area contributed by atoms with Crippen molar-refractivity contribution in [1.82, 2.24) is 9.27 Å². The van der Waals surface area contributed by atoms with Crippen LogP contribution in [0.25, 0.3) is 0 Å². The van der Waals surface area contributed by atoms with Gasteiger partial charge in [-0.1, -0.05) is 0 Å². The monoisotopic (exact) mass is 240 g/mol. The summed E-state index contributed by atoms with van der Waals surface area (Å²) in [6.07, 6.45) is 2.55. The molecule has 16 heavy (non-hydrogen) atoms. The number of likely N-dealkylation sites (N-methyl/N-ethyl adjacent to an activating group) is 2. The standard InChI is InChI=1S/C11H20N4S/c1-14(2)6-7-15(3)11-9(8-4-5-8)10(12)13-16-11/h8H,4-7H2,1-3H3,(H2,12,13). The van der Waals surface area contributed by atoms with Crippen molar-refractivity contribution in [3.05, 3.63) is 5.56 Å². The molecule has 2 N–H and O–H groups in total. The summed E-state index contributed by atoms with van der Waals surface area (Å²) >= 11 is 1.54. The van der Waals surface area contributed by atoms with Gasteiger partial charge in [0.2, 0.25) is 0 Å². The number of nitrogens with zero attached hydrogens (tertiary/aromatic N) is 3. The Labute approximate surface area is 101 Å². The quantitative estimate of drug-likeness (QED) is 0.849. The van der Waals surface area contributed by atoms with E-state index in [1.54, 1.807) is 0 Å². The molecule has 0 atom stereocenters. The second-order valence-corrected chi connectivity index (χ2v) is 5.54. The smallest absolute Gasteiger partial charge is 0.142 e. The van der Waals surface area contributed by atoms with Crippen LogP contribution in [0.1, 0.15) is 24.3 Å². The summed E-state index contributed by atoms with van der Waals surface area (Å²) in [5, 5.41) is 1.27. The van der Waals surface area contributed by atoms with Crippen molar-refractivity contribution in [1.29, 1.82) is 0 Å². The molecule has 0 saturated heterocycles. The summed E-state index contributed by atoms with van der Waals surface area (Å²) in [7, 11) is 6.32. The van der Waals surface area contributed by atoms with E-state index in [2.05, 4.69) is 35.3 Å². The topological polar surface area (TPSA) is 45.4 Å². The number of anilines is 2. The van der Waals surface area contributed by atoms with E-state index in [9.17, 15) is 0 Å². The summed E-state index contributed by atoms with van der Waals surface area (Å²) in [6, 6.07) is 0. The van der Waals surface area contributed by atoms with E-state index in [1.165, 1.54) is 34.9 Å². The minimum absolute atomic E-state index is 0.676. The van der Waals surface area contributed by atoms with Crippen molar-refractivity contribution in [2.45, 2.75) is 18.8 Å². The summed E-state index contributed by atoms with van der Waals surface area (Å²) in [4.78, 5) is 4.47. The molecule has 90 valence electrons. The van der Waals surface area contributed by atoms with Crippen molar-refractivity contribution in [3.8, 4) is 0 Å². The van der Waals surface area contributed by atoms with Gasteiger partial charge in [0.15, 0.2) is 0 Å². The first-order valence-corrected chi connectivity index (χ1v) is 6.48. The summed E-state index contributed by atoms with van der Waals surface area (Å²) in [5.74, 6) is 1.43. The van der Waals surface area contributed by atoms with Crippen LogP contribution in [0.5, 0.6) is 0 Å². The second-order valence-electron chi connectivity index (χ2n) is 4.79. The lowest BCUT2D eigenvalue weighted by molar-refractivity contribution is 0.417. The first-order valence-electron chi connectivity index (χ1n) is 5.70. The maximum absolute atomic E-state index is 5.94. The third-order valence-corrected chi connectivity index (χ3v) is 3.94. The van der Waals surface area contributed by atoms with Gasteiger partial charge in [-0.2, -0.15) is 4.37 Å². The molecule has 1 aromatic rings. The molecule has 0 bridgehead atoms. The molecule has 1 saturated carbocycles. The highest BCUT2D eigenvalue weighted by Gasteiger charge is 2.31. The van der Waals surface area contributed by atoms with Crippen LogP contribution in [0, 0.1) is 0 Å². The van der Waals surface area contributed by atoms with Gasteiger partial charge in [-0.25, -0.2) is 0 Å². The van der Waals surface area contributed by atoms with Gasteiger partial charge in [-0.05, 0) is 44.4 Å². The zero-order valence-corrected chi connectivity index (χ0v) is 11.0. The first-order chi connectivity index (χ1) is 7.59. The average Bonchev–Trinajstić information content (AvgIpc) is 2.99. The average molecular weight is 240 g/mol. The fourth-order valence-corrected chi connectivity index (χ4v) is 2.67. The van der Waals surface area contributed by atoms with E-state index in [0.717, 1.165) is 18.9 Å². The van der Waals surface area contributed by atoms with Gasteiger partial charge in [0, 0.05) is 25.7 Å². The molecule has 0 unspecified atom stereocenters. The van der Waals surface area contributed by atoms with Crippen LogP contribution in [0.15, 0.2) is 0 Å². The molecule has 1 aromatic heterocycles. The van der Waals surface area contributed by atoms with E-state index < -0.39 is 0 Å². The highest BCUT2D eigenvalue weighted by molar-refractivity contribution is 7.10. The lowest BCUT2D eigenvalue weighted by Gasteiger charge is -2.20. The summed E-state index contributed by atoms with van der Waals surface area (Å²) < 4.78 is 4.29. The lowest BCUT2D eigenvalue weighted by Crippen LogP contribution is -2.28. The third kappa shape index (κ3) is 2.47. The molecule has 4 nitrogen and oxygen atoms in total. The SMILES string of the molecule is CN(C)CCN(C)c1snc(N)c1C1CC1. The molecular formula is C11H20N4S. The van der Waals surface area contributed by atoms with Crippen LogP contribution in [0.2, 0.25) is 0 Å². The Kier molecular flexibility index (Phi) is 3.35. The van der Waals surface area contributed by atoms with Gasteiger partial charge in [-0.15, -0.1) is 0 Å². The van der Waals surface area contributed by atoms with Gasteiger partial charge in [0.1, 0.15) is 10.8 Å². The predicted octanol–water partition coefficient (Wildman–Crippen LogP) is 1.60. The minimum atomic E-state index is 0.676. The van der Waals surface area contributed by atoms with Crippen LogP contribution < -0.4 is 10.6 Å². The molecule has 0 aromatic carbocycles. The zero-order valence-electron chi connectivity index (χ0n) is 10.2. The van der Waals surface area contributed by atoms with E-state index in [4.69, 9.17) is 5.73 Å². The Balaban J connectivity index is 2.07. The number of hydrogen-bond acceptors (Lipinski definition) is 5. The van der Waals surface area contributed by atoms with E-state index in [1.807, 2.05) is 0 Å². The van der Waals surface area contributed by atoms with Gasteiger partial charge < -0.3 is 15.5 Å². The molecule has 0 spiro atoms. The van der Waals surface area contributed by atoms with Crippen LogP contribution in [-0.2, 0) is 0 Å². The van der Waals surface area contributed by atoms with Crippen LogP contribution in [0.3, 0.4) is 0 Å². The first kappa shape index (κ1) is 11.7. The number of aromatic nitrogens is 1. The van der Waals surface area contributed by atoms with Crippen LogP contribution in [0.4, 0.5) is 10.8 Å².